The molecule has 3 rings (SSSR count). The van der Waals surface area contributed by atoms with Crippen LogP contribution in [-0.2, 0) is 21.4 Å². The minimum atomic E-state index is -3.94. The van der Waals surface area contributed by atoms with Crippen LogP contribution in [0.5, 0.6) is 11.5 Å². The minimum Gasteiger partial charge on any atom is -0.497 e. The first-order valence-electron chi connectivity index (χ1n) is 10.2. The van der Waals surface area contributed by atoms with Gasteiger partial charge in [0.25, 0.3) is 5.91 Å². The fraction of sp³-hybridized carbons (Fsp3) is 0.167. The molecule has 0 heterocycles. The van der Waals surface area contributed by atoms with Gasteiger partial charge in [-0.1, -0.05) is 46.3 Å². The molecule has 10 heteroatoms. The zero-order valence-corrected chi connectivity index (χ0v) is 21.0. The highest BCUT2D eigenvalue weighted by atomic mass is 79.9. The van der Waals surface area contributed by atoms with Gasteiger partial charge in [0.1, 0.15) is 11.5 Å². The second-order valence-corrected chi connectivity index (χ2v) is 9.97. The first-order chi connectivity index (χ1) is 16.3. The van der Waals surface area contributed by atoms with Crippen LogP contribution in [0.25, 0.3) is 0 Å². The molecule has 0 aromatic heterocycles. The lowest BCUT2D eigenvalue weighted by Crippen LogP contribution is -2.39. The summed E-state index contributed by atoms with van der Waals surface area (Å²) in [7, 11) is -0.885. The van der Waals surface area contributed by atoms with Crippen LogP contribution in [0.2, 0.25) is 0 Å². The van der Waals surface area contributed by atoms with Gasteiger partial charge in [0.2, 0.25) is 10.0 Å². The van der Waals surface area contributed by atoms with E-state index in [2.05, 4.69) is 26.5 Å². The summed E-state index contributed by atoms with van der Waals surface area (Å²) in [6, 6.07) is 20.5. The maximum Gasteiger partial charge on any atom is 0.255 e. The summed E-state index contributed by atoms with van der Waals surface area (Å²) >= 11 is 3.31. The van der Waals surface area contributed by atoms with Crippen LogP contribution in [0, 0.1) is 0 Å². The van der Waals surface area contributed by atoms with Crippen molar-refractivity contribution in [2.24, 2.45) is 5.10 Å². The molecule has 3 aromatic rings. The van der Waals surface area contributed by atoms with E-state index in [1.165, 1.54) is 32.6 Å². The van der Waals surface area contributed by atoms with E-state index in [4.69, 9.17) is 9.47 Å². The Morgan fingerprint density at radius 2 is 1.74 bits per heavy atom. The lowest BCUT2D eigenvalue weighted by molar-refractivity contribution is -0.121. The van der Waals surface area contributed by atoms with Crippen LogP contribution >= 0.6 is 15.9 Å². The molecule has 0 radical (unpaired) electrons. The molecule has 3 aromatic carbocycles. The Bertz CT molecular complexity index is 1250. The number of methoxy groups -OCH3 is 2. The van der Waals surface area contributed by atoms with Gasteiger partial charge >= 0.3 is 0 Å². The first-order valence-corrected chi connectivity index (χ1v) is 12.4. The van der Waals surface area contributed by atoms with Gasteiger partial charge in [-0.25, -0.2) is 13.8 Å². The molecule has 0 spiro atoms. The Hall–Kier alpha value is -3.21. The number of hydrazone groups is 1. The SMILES string of the molecule is COc1ccc(OC)c(/C=N\NC(=O)CN(Cc2ccccc2)S(=O)(=O)c2ccc(Br)cc2)c1. The molecule has 34 heavy (non-hydrogen) atoms. The molecule has 178 valence electrons. The van der Waals surface area contributed by atoms with E-state index in [0.29, 0.717) is 17.1 Å². The number of ether oxygens (including phenoxy) is 2. The van der Waals surface area contributed by atoms with E-state index in [0.717, 1.165) is 14.3 Å². The molecular formula is C24H24BrN3O5S. The lowest BCUT2D eigenvalue weighted by Gasteiger charge is -2.21. The van der Waals surface area contributed by atoms with Crippen molar-refractivity contribution in [3.63, 3.8) is 0 Å². The number of sulfonamides is 1. The summed E-state index contributed by atoms with van der Waals surface area (Å²) in [6.45, 7) is -0.389. The average Bonchev–Trinajstić information content (AvgIpc) is 2.84. The molecule has 1 N–H and O–H groups in total. The largest absolute Gasteiger partial charge is 0.497 e. The standard InChI is InChI=1S/C24H24BrN3O5S/c1-32-21-10-13-23(33-2)19(14-21)15-26-27-24(29)17-28(16-18-6-4-3-5-7-18)34(30,31)22-11-8-20(25)9-12-22/h3-15H,16-17H2,1-2H3,(H,27,29)/b26-15-. The molecule has 0 atom stereocenters. The van der Waals surface area contributed by atoms with Gasteiger partial charge in [-0.05, 0) is 48.0 Å². The Labute approximate surface area is 207 Å². The van der Waals surface area contributed by atoms with Crippen molar-refractivity contribution >= 4 is 38.1 Å². The van der Waals surface area contributed by atoms with Gasteiger partial charge in [-0.3, -0.25) is 4.79 Å². The monoisotopic (exact) mass is 545 g/mol. The number of carbonyl (C=O) groups excluding carboxylic acids is 1. The topological polar surface area (TPSA) is 97.3 Å². The van der Waals surface area contributed by atoms with Gasteiger partial charge in [0.05, 0.1) is 31.9 Å². The summed E-state index contributed by atoms with van der Waals surface area (Å²) in [5.74, 6) is 0.556. The van der Waals surface area contributed by atoms with Crippen LogP contribution in [0.3, 0.4) is 0 Å². The van der Waals surface area contributed by atoms with E-state index >= 15 is 0 Å². The number of carbonyl (C=O) groups is 1. The van der Waals surface area contributed by atoms with Crippen molar-refractivity contribution in [2.45, 2.75) is 11.4 Å². The third-order valence-corrected chi connectivity index (χ3v) is 7.14. The molecule has 0 unspecified atom stereocenters. The quantitative estimate of drug-likeness (QED) is 0.308. The summed E-state index contributed by atoms with van der Waals surface area (Å²) in [4.78, 5) is 12.7. The minimum absolute atomic E-state index is 0.0279. The molecule has 0 saturated carbocycles. The third-order valence-electron chi connectivity index (χ3n) is 4.80. The average molecular weight is 546 g/mol. The summed E-state index contributed by atoms with van der Waals surface area (Å²) in [6.07, 6.45) is 1.41. The van der Waals surface area contributed by atoms with E-state index in [1.807, 2.05) is 18.2 Å². The summed E-state index contributed by atoms with van der Waals surface area (Å²) in [5, 5.41) is 3.96. The zero-order valence-electron chi connectivity index (χ0n) is 18.6. The van der Waals surface area contributed by atoms with E-state index in [-0.39, 0.29) is 11.4 Å². The predicted molar refractivity (Wildman–Crippen MR) is 133 cm³/mol. The predicted octanol–water partition coefficient (Wildman–Crippen LogP) is 3.81. The molecule has 0 bridgehead atoms. The van der Waals surface area contributed by atoms with Crippen LogP contribution in [-0.4, -0.2) is 45.6 Å². The van der Waals surface area contributed by atoms with Gasteiger partial charge in [-0.2, -0.15) is 9.41 Å². The Balaban J connectivity index is 1.79. The number of amides is 1. The molecule has 1 amide bonds. The van der Waals surface area contributed by atoms with Crippen LogP contribution < -0.4 is 14.9 Å². The highest BCUT2D eigenvalue weighted by Crippen LogP contribution is 2.23. The second kappa shape index (κ2) is 11.8. The smallest absolute Gasteiger partial charge is 0.255 e. The van der Waals surface area contributed by atoms with Gasteiger partial charge in [0.15, 0.2) is 0 Å². The number of benzene rings is 3. The molecule has 0 aliphatic rings. The molecule has 0 aliphatic heterocycles. The fourth-order valence-corrected chi connectivity index (χ4v) is 4.73. The number of nitrogens with one attached hydrogen (secondary N) is 1. The van der Waals surface area contributed by atoms with Crippen LogP contribution in [0.1, 0.15) is 11.1 Å². The van der Waals surface area contributed by atoms with Crippen molar-refractivity contribution in [3.05, 3.63) is 88.4 Å². The molecule has 8 nitrogen and oxygen atoms in total. The molecule has 0 fully saturated rings. The highest BCUT2D eigenvalue weighted by Gasteiger charge is 2.27. The van der Waals surface area contributed by atoms with Crippen molar-refractivity contribution in [3.8, 4) is 11.5 Å². The van der Waals surface area contributed by atoms with E-state index < -0.39 is 22.5 Å². The van der Waals surface area contributed by atoms with E-state index in [1.54, 1.807) is 42.5 Å². The van der Waals surface area contributed by atoms with Crippen LogP contribution in [0.15, 0.2) is 87.3 Å². The van der Waals surface area contributed by atoms with Crippen molar-refractivity contribution in [1.29, 1.82) is 0 Å². The third kappa shape index (κ3) is 6.66. The highest BCUT2D eigenvalue weighted by molar-refractivity contribution is 9.10. The second-order valence-electron chi connectivity index (χ2n) is 7.11. The number of hydrogen-bond acceptors (Lipinski definition) is 6. The molecule has 0 saturated heterocycles. The molecular weight excluding hydrogens is 522 g/mol. The van der Waals surface area contributed by atoms with Crippen molar-refractivity contribution < 1.29 is 22.7 Å². The Kier molecular flexibility index (Phi) is 8.80. The van der Waals surface area contributed by atoms with Gasteiger partial charge in [0, 0.05) is 16.6 Å². The Morgan fingerprint density at radius 1 is 1.03 bits per heavy atom. The van der Waals surface area contributed by atoms with Crippen molar-refractivity contribution in [2.75, 3.05) is 20.8 Å². The van der Waals surface area contributed by atoms with Gasteiger partial charge in [-0.15, -0.1) is 0 Å². The first kappa shape index (κ1) is 25.4. The number of rotatable bonds is 10. The lowest BCUT2D eigenvalue weighted by atomic mass is 10.2. The molecule has 0 aliphatic carbocycles. The van der Waals surface area contributed by atoms with Gasteiger partial charge < -0.3 is 9.47 Å². The normalized spacial score (nSPS) is 11.5. The maximum atomic E-state index is 13.3. The number of halogens is 1. The summed E-state index contributed by atoms with van der Waals surface area (Å²) in [5.41, 5.74) is 3.73. The Morgan fingerprint density at radius 3 is 2.38 bits per heavy atom. The van der Waals surface area contributed by atoms with E-state index in [9.17, 15) is 13.2 Å². The fourth-order valence-electron chi connectivity index (χ4n) is 3.08. The maximum absolute atomic E-state index is 13.3. The zero-order chi connectivity index (χ0) is 24.6. The number of nitrogens with zero attached hydrogens (tertiary/aromatic N) is 2. The van der Waals surface area contributed by atoms with Crippen LogP contribution in [0.4, 0.5) is 0 Å². The van der Waals surface area contributed by atoms with Crippen molar-refractivity contribution in [1.82, 2.24) is 9.73 Å². The number of hydrogen-bond donors (Lipinski definition) is 1. The summed E-state index contributed by atoms with van der Waals surface area (Å²) < 4.78 is 38.9.